The lowest BCUT2D eigenvalue weighted by molar-refractivity contribution is -0.0588. The number of hydrogen-bond donors (Lipinski definition) is 1. The first-order valence-electron chi connectivity index (χ1n) is 8.51. The lowest BCUT2D eigenvalue weighted by Gasteiger charge is -2.42. The highest BCUT2D eigenvalue weighted by Crippen LogP contribution is 2.40. The lowest BCUT2D eigenvalue weighted by atomic mass is 9.86. The number of nitrogens with two attached hydrogens (primary N) is 1. The maximum Gasteiger partial charge on any atom is 0.288 e. The Morgan fingerprint density at radius 2 is 2.21 bits per heavy atom. The number of carbonyl (C=O) groups is 1. The van der Waals surface area contributed by atoms with E-state index < -0.39 is 36.3 Å². The number of pyridine rings is 1. The average molecular weight is 430 g/mol. The zero-order valence-corrected chi connectivity index (χ0v) is 15.9. The number of hydrogen-bond acceptors (Lipinski definition) is 5. The van der Waals surface area contributed by atoms with Gasteiger partial charge in [-0.25, -0.2) is 18.3 Å². The van der Waals surface area contributed by atoms with Crippen molar-refractivity contribution in [1.29, 1.82) is 0 Å². The van der Waals surface area contributed by atoms with Gasteiger partial charge in [0.15, 0.2) is 9.34 Å². The van der Waals surface area contributed by atoms with E-state index in [9.17, 15) is 18.0 Å². The topological polar surface area (TPSA) is 76.5 Å². The molecule has 1 saturated carbocycles. The number of anilines is 1. The molecule has 0 aromatic carbocycles. The first kappa shape index (κ1) is 19.2. The fourth-order valence-electron chi connectivity index (χ4n) is 3.54. The number of nitrogens with zero attached hydrogens (tertiary/aromatic N) is 4. The van der Waals surface area contributed by atoms with E-state index in [0.29, 0.717) is 23.3 Å². The minimum Gasteiger partial charge on any atom is -0.326 e. The van der Waals surface area contributed by atoms with E-state index in [1.807, 2.05) is 0 Å². The maximum atomic E-state index is 14.9. The molecule has 3 aromatic heterocycles. The van der Waals surface area contributed by atoms with Gasteiger partial charge in [-0.2, -0.15) is 9.49 Å². The van der Waals surface area contributed by atoms with Gasteiger partial charge in [-0.1, -0.05) is 29.0 Å². The molecule has 1 aliphatic carbocycles. The minimum atomic E-state index is -3.23. The Kier molecular flexibility index (Phi) is 4.80. The largest absolute Gasteiger partial charge is 0.326 e. The minimum absolute atomic E-state index is 0.152. The SMILES string of the molecule is N[C@@H]1CCCC(F)(F)[C@@H]1N(C(=O)c1nc(F)c(Cl)s1)c1cnn2ccccc12. The van der Waals surface area contributed by atoms with Crippen molar-refractivity contribution in [1.82, 2.24) is 14.6 Å². The summed E-state index contributed by atoms with van der Waals surface area (Å²) < 4.78 is 44.6. The smallest absolute Gasteiger partial charge is 0.288 e. The molecule has 6 nitrogen and oxygen atoms in total. The highest BCUT2D eigenvalue weighted by atomic mass is 35.5. The van der Waals surface area contributed by atoms with Crippen molar-refractivity contribution in [3.8, 4) is 0 Å². The normalized spacial score (nSPS) is 21.8. The Morgan fingerprint density at radius 3 is 2.89 bits per heavy atom. The standard InChI is InChI=1S/C17H15ClF3N5OS/c18-13-14(19)24-15(28-13)16(27)26(12-9(22)4-3-6-17(12,20)21)11-8-23-25-7-2-1-5-10(11)25/h1-2,5,7-9,12H,3-4,6,22H2/t9-,12-/m1/s1. The Balaban J connectivity index is 1.89. The maximum absolute atomic E-state index is 14.9. The molecule has 28 heavy (non-hydrogen) atoms. The number of alkyl halides is 2. The molecular weight excluding hydrogens is 415 g/mol. The van der Waals surface area contributed by atoms with Gasteiger partial charge in [0.1, 0.15) is 6.04 Å². The van der Waals surface area contributed by atoms with Crippen LogP contribution in [-0.4, -0.2) is 38.5 Å². The molecule has 2 atom stereocenters. The van der Waals surface area contributed by atoms with Crippen LogP contribution in [0.3, 0.4) is 0 Å². The van der Waals surface area contributed by atoms with Gasteiger partial charge in [0.25, 0.3) is 11.8 Å². The first-order chi connectivity index (χ1) is 13.3. The summed E-state index contributed by atoms with van der Waals surface area (Å²) in [4.78, 5) is 17.6. The van der Waals surface area contributed by atoms with Crippen LogP contribution in [0, 0.1) is 5.95 Å². The molecule has 2 N–H and O–H groups in total. The van der Waals surface area contributed by atoms with E-state index in [1.165, 1.54) is 10.7 Å². The molecule has 3 heterocycles. The third kappa shape index (κ3) is 3.15. The molecule has 3 aromatic rings. The zero-order chi connectivity index (χ0) is 20.1. The molecule has 11 heteroatoms. The first-order valence-corrected chi connectivity index (χ1v) is 9.70. The summed E-state index contributed by atoms with van der Waals surface area (Å²) in [7, 11) is 0. The number of halogens is 4. The number of rotatable bonds is 3. The summed E-state index contributed by atoms with van der Waals surface area (Å²) in [6.45, 7) is 0. The van der Waals surface area contributed by atoms with Crippen LogP contribution in [-0.2, 0) is 0 Å². The molecule has 0 unspecified atom stereocenters. The Hall–Kier alpha value is -2.17. The second-order valence-electron chi connectivity index (χ2n) is 6.58. The van der Waals surface area contributed by atoms with E-state index in [2.05, 4.69) is 10.1 Å². The number of amides is 1. The molecule has 148 valence electrons. The van der Waals surface area contributed by atoms with Crippen LogP contribution in [0.5, 0.6) is 0 Å². The van der Waals surface area contributed by atoms with Gasteiger partial charge in [-0.15, -0.1) is 0 Å². The van der Waals surface area contributed by atoms with Crippen LogP contribution in [0.1, 0.15) is 29.1 Å². The van der Waals surface area contributed by atoms with Crippen LogP contribution in [0.4, 0.5) is 18.9 Å². The fraction of sp³-hybridized carbons (Fsp3) is 0.353. The molecule has 1 amide bonds. The zero-order valence-electron chi connectivity index (χ0n) is 14.4. The Bertz CT molecular complexity index is 1020. The number of aromatic nitrogens is 3. The number of thiazole rings is 1. The van der Waals surface area contributed by atoms with Crippen LogP contribution >= 0.6 is 22.9 Å². The monoisotopic (exact) mass is 429 g/mol. The summed E-state index contributed by atoms with van der Waals surface area (Å²) in [5, 5.41) is 3.80. The van der Waals surface area contributed by atoms with Gasteiger partial charge >= 0.3 is 0 Å². The van der Waals surface area contributed by atoms with Crippen molar-refractivity contribution in [2.45, 2.75) is 37.3 Å². The van der Waals surface area contributed by atoms with E-state index in [-0.39, 0.29) is 21.5 Å². The number of fused-ring (bicyclic) bond motifs is 1. The van der Waals surface area contributed by atoms with Gasteiger partial charge in [0.05, 0.1) is 17.4 Å². The predicted molar refractivity (Wildman–Crippen MR) is 99.6 cm³/mol. The van der Waals surface area contributed by atoms with E-state index >= 15 is 0 Å². The molecule has 0 saturated heterocycles. The van der Waals surface area contributed by atoms with Gasteiger partial charge in [0, 0.05) is 18.7 Å². The van der Waals surface area contributed by atoms with Crippen molar-refractivity contribution < 1.29 is 18.0 Å². The van der Waals surface area contributed by atoms with E-state index in [0.717, 1.165) is 4.90 Å². The molecule has 4 rings (SSSR count). The predicted octanol–water partition coefficient (Wildman–Crippen LogP) is 3.75. The van der Waals surface area contributed by atoms with Crippen LogP contribution < -0.4 is 10.6 Å². The Morgan fingerprint density at radius 1 is 1.43 bits per heavy atom. The highest BCUT2D eigenvalue weighted by molar-refractivity contribution is 7.17. The average Bonchev–Trinajstić information content (AvgIpc) is 3.21. The summed E-state index contributed by atoms with van der Waals surface area (Å²) in [5.41, 5.74) is 6.63. The summed E-state index contributed by atoms with van der Waals surface area (Å²) >= 11 is 6.28. The second kappa shape index (κ2) is 7.02. The van der Waals surface area contributed by atoms with Crippen molar-refractivity contribution in [2.75, 3.05) is 4.90 Å². The summed E-state index contributed by atoms with van der Waals surface area (Å²) in [5.74, 6) is -5.14. The third-order valence-corrected chi connectivity index (χ3v) is 5.97. The summed E-state index contributed by atoms with van der Waals surface area (Å²) in [6.07, 6.45) is 3.12. The second-order valence-corrected chi connectivity index (χ2v) is 8.18. The third-order valence-electron chi connectivity index (χ3n) is 4.78. The van der Waals surface area contributed by atoms with Gasteiger partial charge < -0.3 is 5.73 Å². The van der Waals surface area contributed by atoms with Gasteiger partial charge in [-0.3, -0.25) is 9.69 Å². The van der Waals surface area contributed by atoms with Crippen molar-refractivity contribution >= 4 is 40.0 Å². The van der Waals surface area contributed by atoms with E-state index in [1.54, 1.807) is 24.4 Å². The van der Waals surface area contributed by atoms with Gasteiger partial charge in [-0.05, 0) is 25.0 Å². The van der Waals surface area contributed by atoms with Crippen LogP contribution in [0.15, 0.2) is 30.6 Å². The molecule has 0 bridgehead atoms. The number of carbonyl (C=O) groups excluding carboxylic acids is 1. The van der Waals surface area contributed by atoms with Crippen LogP contribution in [0.2, 0.25) is 4.34 Å². The molecule has 1 aliphatic rings. The lowest BCUT2D eigenvalue weighted by Crippen LogP contribution is -2.61. The molecule has 0 aliphatic heterocycles. The van der Waals surface area contributed by atoms with Crippen molar-refractivity contribution in [3.05, 3.63) is 45.9 Å². The molecule has 0 radical (unpaired) electrons. The Labute approximate surface area is 166 Å². The molecule has 0 spiro atoms. The van der Waals surface area contributed by atoms with Gasteiger partial charge in [0.2, 0.25) is 5.95 Å². The summed E-state index contributed by atoms with van der Waals surface area (Å²) in [6, 6.07) is 2.47. The molecule has 1 fully saturated rings. The fourth-order valence-corrected chi connectivity index (χ4v) is 4.41. The van der Waals surface area contributed by atoms with Crippen molar-refractivity contribution in [3.63, 3.8) is 0 Å². The van der Waals surface area contributed by atoms with Crippen LogP contribution in [0.25, 0.3) is 5.52 Å². The van der Waals surface area contributed by atoms with Crippen molar-refractivity contribution in [2.24, 2.45) is 5.73 Å². The molecular formula is C17H15ClF3N5OS. The van der Waals surface area contributed by atoms with E-state index in [4.69, 9.17) is 17.3 Å². The quantitative estimate of drug-likeness (QED) is 0.688. The highest BCUT2D eigenvalue weighted by Gasteiger charge is 2.52.